The van der Waals surface area contributed by atoms with Gasteiger partial charge in [-0.3, -0.25) is 9.78 Å². The summed E-state index contributed by atoms with van der Waals surface area (Å²) in [5, 5.41) is 11.4. The summed E-state index contributed by atoms with van der Waals surface area (Å²) in [4.78, 5) is 24.3. The second-order valence-corrected chi connectivity index (χ2v) is 2.89. The van der Waals surface area contributed by atoms with Crippen LogP contribution in [0.15, 0.2) is 4.79 Å². The number of nitrogens with two attached hydrogens (primary N) is 1. The van der Waals surface area contributed by atoms with E-state index in [1.165, 1.54) is 0 Å². The topological polar surface area (TPSA) is 133 Å². The Hall–Kier alpha value is -1.51. The minimum Gasteiger partial charge on any atom is -0.395 e. The van der Waals surface area contributed by atoms with Gasteiger partial charge in [0, 0.05) is 6.54 Å². The number of nitrogens with zero attached hydrogens (tertiary/aromatic N) is 2. The van der Waals surface area contributed by atoms with Gasteiger partial charge in [-0.15, -0.1) is 24.8 Å². The van der Waals surface area contributed by atoms with E-state index in [-0.39, 0.29) is 54.1 Å². The number of hydrogen-bond acceptors (Lipinski definition) is 6. The SMILES string of the molecule is Cl.Cl.Nc1nc2nc(NCCO)[nH]c2c(=O)[nH]1. The molecular weight excluding hydrogens is 271 g/mol. The summed E-state index contributed by atoms with van der Waals surface area (Å²) in [7, 11) is 0. The van der Waals surface area contributed by atoms with Gasteiger partial charge in [-0.05, 0) is 0 Å². The first-order valence-electron chi connectivity index (χ1n) is 4.31. The molecule has 0 bridgehead atoms. The summed E-state index contributed by atoms with van der Waals surface area (Å²) < 4.78 is 0. The van der Waals surface area contributed by atoms with E-state index in [0.717, 1.165) is 0 Å². The first kappa shape index (κ1) is 15.5. The van der Waals surface area contributed by atoms with Gasteiger partial charge in [0.25, 0.3) is 5.56 Å². The molecule has 8 nitrogen and oxygen atoms in total. The summed E-state index contributed by atoms with van der Waals surface area (Å²) in [5.74, 6) is 0.398. The monoisotopic (exact) mass is 282 g/mol. The minimum absolute atomic E-state index is 0. The summed E-state index contributed by atoms with van der Waals surface area (Å²) in [6, 6.07) is 0. The number of anilines is 2. The minimum atomic E-state index is -0.373. The quantitative estimate of drug-likeness (QED) is 0.514. The normalized spacial score (nSPS) is 9.47. The molecule has 0 spiro atoms. The highest BCUT2D eigenvalue weighted by Gasteiger charge is 2.07. The number of aliphatic hydroxyl groups excluding tert-OH is 1. The van der Waals surface area contributed by atoms with E-state index in [1.54, 1.807) is 0 Å². The predicted molar refractivity (Wildman–Crippen MR) is 69.0 cm³/mol. The summed E-state index contributed by atoms with van der Waals surface area (Å²) in [6.45, 7) is 0.316. The maximum Gasteiger partial charge on any atom is 0.278 e. The Labute approximate surface area is 108 Å². The number of nitrogens with one attached hydrogen (secondary N) is 3. The van der Waals surface area contributed by atoms with Crippen molar-refractivity contribution in [1.29, 1.82) is 0 Å². The number of aromatic amines is 2. The molecule has 6 N–H and O–H groups in total. The molecule has 17 heavy (non-hydrogen) atoms. The summed E-state index contributed by atoms with van der Waals surface area (Å²) >= 11 is 0. The Morgan fingerprint density at radius 3 is 2.65 bits per heavy atom. The van der Waals surface area contributed by atoms with Crippen LogP contribution in [-0.4, -0.2) is 38.2 Å². The van der Waals surface area contributed by atoms with E-state index in [1.807, 2.05) is 0 Å². The molecule has 2 rings (SSSR count). The van der Waals surface area contributed by atoms with Gasteiger partial charge >= 0.3 is 0 Å². The van der Waals surface area contributed by atoms with Crippen molar-refractivity contribution in [3.63, 3.8) is 0 Å². The molecule has 10 heteroatoms. The largest absolute Gasteiger partial charge is 0.395 e. The van der Waals surface area contributed by atoms with E-state index in [2.05, 4.69) is 25.3 Å². The molecule has 2 heterocycles. The summed E-state index contributed by atoms with van der Waals surface area (Å²) in [5.41, 5.74) is 5.48. The van der Waals surface area contributed by atoms with Gasteiger partial charge in [0.15, 0.2) is 11.2 Å². The van der Waals surface area contributed by atoms with Crippen LogP contribution in [0.5, 0.6) is 0 Å². The van der Waals surface area contributed by atoms with Crippen LogP contribution in [0.3, 0.4) is 0 Å². The van der Waals surface area contributed by atoms with Crippen LogP contribution >= 0.6 is 24.8 Å². The molecule has 0 amide bonds. The highest BCUT2D eigenvalue weighted by molar-refractivity contribution is 5.85. The van der Waals surface area contributed by atoms with Crippen molar-refractivity contribution in [2.24, 2.45) is 0 Å². The fourth-order valence-corrected chi connectivity index (χ4v) is 1.18. The Morgan fingerprint density at radius 1 is 1.29 bits per heavy atom. The molecule has 0 fully saturated rings. The van der Waals surface area contributed by atoms with Crippen LogP contribution in [0.2, 0.25) is 0 Å². The summed E-state index contributed by atoms with van der Waals surface area (Å²) in [6.07, 6.45) is 0. The number of aromatic nitrogens is 4. The Kier molecular flexibility index (Phi) is 5.72. The highest BCUT2D eigenvalue weighted by Crippen LogP contribution is 2.07. The van der Waals surface area contributed by atoms with Crippen molar-refractivity contribution >= 4 is 47.9 Å². The van der Waals surface area contributed by atoms with Crippen LogP contribution in [0.1, 0.15) is 0 Å². The Morgan fingerprint density at radius 2 is 2.00 bits per heavy atom. The lowest BCUT2D eigenvalue weighted by molar-refractivity contribution is 0.311. The molecule has 0 aliphatic carbocycles. The van der Waals surface area contributed by atoms with E-state index in [0.29, 0.717) is 12.5 Å². The Balaban J connectivity index is 0.00000128. The average molecular weight is 283 g/mol. The van der Waals surface area contributed by atoms with Crippen molar-refractivity contribution in [2.75, 3.05) is 24.2 Å². The van der Waals surface area contributed by atoms with E-state index in [4.69, 9.17) is 10.8 Å². The van der Waals surface area contributed by atoms with Gasteiger partial charge in [0.2, 0.25) is 11.9 Å². The second-order valence-electron chi connectivity index (χ2n) is 2.89. The van der Waals surface area contributed by atoms with Crippen molar-refractivity contribution in [1.82, 2.24) is 19.9 Å². The third-order valence-electron chi connectivity index (χ3n) is 1.78. The molecule has 0 radical (unpaired) electrons. The number of imidazole rings is 1. The molecule has 0 aliphatic rings. The molecule has 2 aromatic heterocycles. The van der Waals surface area contributed by atoms with Crippen LogP contribution in [-0.2, 0) is 0 Å². The standard InChI is InChI=1S/C7H10N6O2.2ClH/c8-6-11-4-3(5(15)13-6)10-7(12-4)9-1-2-14;;/h14H,1-2H2,(H5,8,9,10,11,12,13,15);2*1H. The zero-order valence-corrected chi connectivity index (χ0v) is 10.2. The smallest absolute Gasteiger partial charge is 0.278 e. The molecule has 0 unspecified atom stereocenters. The molecule has 0 saturated heterocycles. The third kappa shape index (κ3) is 3.22. The van der Waals surface area contributed by atoms with Crippen molar-refractivity contribution < 1.29 is 5.11 Å². The van der Waals surface area contributed by atoms with Crippen LogP contribution < -0.4 is 16.6 Å². The first-order chi connectivity index (χ1) is 7.20. The average Bonchev–Trinajstić information content (AvgIpc) is 2.57. The van der Waals surface area contributed by atoms with Crippen LogP contribution in [0, 0.1) is 0 Å². The van der Waals surface area contributed by atoms with Crippen molar-refractivity contribution in [3.8, 4) is 0 Å². The lowest BCUT2D eigenvalue weighted by atomic mass is 10.5. The molecule has 0 saturated carbocycles. The number of hydrogen-bond donors (Lipinski definition) is 5. The van der Waals surface area contributed by atoms with E-state index >= 15 is 0 Å². The van der Waals surface area contributed by atoms with E-state index < -0.39 is 0 Å². The van der Waals surface area contributed by atoms with Crippen LogP contribution in [0.4, 0.5) is 11.9 Å². The molecule has 0 aliphatic heterocycles. The second kappa shape index (κ2) is 6.28. The maximum atomic E-state index is 11.4. The van der Waals surface area contributed by atoms with Crippen molar-refractivity contribution in [2.45, 2.75) is 0 Å². The number of nitrogen functional groups attached to an aromatic ring is 1. The zero-order chi connectivity index (χ0) is 10.8. The van der Waals surface area contributed by atoms with Crippen molar-refractivity contribution in [3.05, 3.63) is 10.4 Å². The van der Waals surface area contributed by atoms with E-state index in [9.17, 15) is 4.79 Å². The number of halogens is 2. The fourth-order valence-electron chi connectivity index (χ4n) is 1.18. The van der Waals surface area contributed by atoms with Gasteiger partial charge in [0.1, 0.15) is 0 Å². The molecule has 0 aromatic carbocycles. The predicted octanol–water partition coefficient (Wildman–Crippen LogP) is -0.524. The lowest BCUT2D eigenvalue weighted by Gasteiger charge is -1.95. The fraction of sp³-hybridized carbons (Fsp3) is 0.286. The van der Waals surface area contributed by atoms with Gasteiger partial charge in [-0.1, -0.05) is 0 Å². The lowest BCUT2D eigenvalue weighted by Crippen LogP contribution is -2.11. The number of rotatable bonds is 3. The van der Waals surface area contributed by atoms with Gasteiger partial charge in [0.05, 0.1) is 6.61 Å². The van der Waals surface area contributed by atoms with Gasteiger partial charge in [-0.2, -0.15) is 9.97 Å². The molecule has 0 atom stereocenters. The number of fused-ring (bicyclic) bond motifs is 1. The third-order valence-corrected chi connectivity index (χ3v) is 1.78. The maximum absolute atomic E-state index is 11.4. The Bertz CT molecular complexity index is 539. The highest BCUT2D eigenvalue weighted by atomic mass is 35.5. The number of aliphatic hydroxyl groups is 1. The molecular formula is C7H12Cl2N6O2. The molecule has 96 valence electrons. The number of H-pyrrole nitrogens is 2. The van der Waals surface area contributed by atoms with Crippen LogP contribution in [0.25, 0.3) is 11.2 Å². The van der Waals surface area contributed by atoms with Gasteiger partial charge in [-0.25, -0.2) is 0 Å². The molecule has 2 aromatic rings. The van der Waals surface area contributed by atoms with Gasteiger partial charge < -0.3 is 21.1 Å². The zero-order valence-electron chi connectivity index (χ0n) is 8.56. The first-order valence-corrected chi connectivity index (χ1v) is 4.31.